The summed E-state index contributed by atoms with van der Waals surface area (Å²) in [5.41, 5.74) is 4.64. The van der Waals surface area contributed by atoms with Crippen LogP contribution in [0.5, 0.6) is 23.0 Å². The number of nitrogens with zero attached hydrogens (tertiary/aromatic N) is 2. The number of phenols is 2. The summed E-state index contributed by atoms with van der Waals surface area (Å²) in [6.07, 6.45) is 5.74. The largest absolute Gasteiger partial charge is 0.507 e. The SMILES string of the molecule is COc1cc(C=C[C@H]2C3=CC[C@@H]4C(=O)N(c5ccc(C(=O)O)c(O)c5)C(=O)[C@@H]4[C@@H]3C[C@H]3C(=O)N(Nc4ccc(C)cc4)C(=O)[C@@]23c2ccccc2)cc(OC)c1O. The number of aryl methyl sites for hydroxylation is 1. The molecule has 0 unspecified atom stereocenters. The molecule has 57 heavy (non-hydrogen) atoms. The summed E-state index contributed by atoms with van der Waals surface area (Å²) in [6.45, 7) is 1.93. The maximum absolute atomic E-state index is 15.3. The Balaban J connectivity index is 1.29. The van der Waals surface area contributed by atoms with Crippen LogP contribution in [-0.4, -0.2) is 64.1 Å². The number of carbonyl (C=O) groups excluding carboxylic acids is 4. The van der Waals surface area contributed by atoms with Crippen LogP contribution >= 0.6 is 0 Å². The van der Waals surface area contributed by atoms with E-state index >= 15 is 4.79 Å². The molecule has 4 aliphatic rings. The fourth-order valence-electron chi connectivity index (χ4n) is 9.31. The highest BCUT2D eigenvalue weighted by Crippen LogP contribution is 2.61. The monoisotopic (exact) mass is 769 g/mol. The molecule has 2 heterocycles. The molecule has 0 bridgehead atoms. The number of ether oxygens (including phenoxy) is 2. The van der Waals surface area contributed by atoms with Crippen LogP contribution in [0.4, 0.5) is 11.4 Å². The number of allylic oxidation sites excluding steroid dienone is 3. The van der Waals surface area contributed by atoms with Crippen molar-refractivity contribution in [3.05, 3.63) is 125 Å². The first kappa shape index (κ1) is 37.1. The number of methoxy groups -OCH3 is 2. The molecule has 13 nitrogen and oxygen atoms in total. The van der Waals surface area contributed by atoms with E-state index in [0.717, 1.165) is 33.2 Å². The second-order valence-corrected chi connectivity index (χ2v) is 14.8. The zero-order chi connectivity index (χ0) is 40.3. The molecule has 4 aromatic rings. The fourth-order valence-corrected chi connectivity index (χ4v) is 9.31. The summed E-state index contributed by atoms with van der Waals surface area (Å²) in [5, 5.41) is 31.7. The lowest BCUT2D eigenvalue weighted by molar-refractivity contribution is -0.139. The number of carboxylic acids is 1. The highest BCUT2D eigenvalue weighted by molar-refractivity contribution is 6.23. The summed E-state index contributed by atoms with van der Waals surface area (Å²) >= 11 is 0. The van der Waals surface area contributed by atoms with E-state index in [-0.39, 0.29) is 41.3 Å². The van der Waals surface area contributed by atoms with Crippen molar-refractivity contribution in [3.8, 4) is 23.0 Å². The minimum Gasteiger partial charge on any atom is -0.507 e. The van der Waals surface area contributed by atoms with Gasteiger partial charge in [0.1, 0.15) is 11.3 Å². The van der Waals surface area contributed by atoms with Crippen LogP contribution in [-0.2, 0) is 24.6 Å². The van der Waals surface area contributed by atoms with Crippen LogP contribution in [0.3, 0.4) is 0 Å². The van der Waals surface area contributed by atoms with Gasteiger partial charge in [-0.3, -0.25) is 24.6 Å². The summed E-state index contributed by atoms with van der Waals surface area (Å²) in [5.74, 6) is -8.03. The van der Waals surface area contributed by atoms with E-state index in [0.29, 0.717) is 16.8 Å². The van der Waals surface area contributed by atoms with E-state index in [2.05, 4.69) is 5.43 Å². The lowest BCUT2D eigenvalue weighted by atomic mass is 9.50. The standard InChI is InChI=1S/C44H39N3O10/c1-23-9-12-26(13-10-23)45-47-40(51)33-22-31-28(16-17-30-37(31)41(52)46(39(30)50)27-14-15-29(42(53)54)34(48)21-27)32(44(33,43(47)55)25-7-5-4-6-8-25)18-11-24-19-35(56-2)38(49)36(20-24)57-3/h4-16,18-21,30-33,37,45,48-49H,17,22H2,1-3H3,(H,53,54)/t30-,31+,32-,33-,37-,44-/m0/s1. The van der Waals surface area contributed by atoms with Gasteiger partial charge in [-0.25, -0.2) is 9.69 Å². The first-order chi connectivity index (χ1) is 27.4. The number of fused-ring (bicyclic) bond motifs is 4. The maximum Gasteiger partial charge on any atom is 0.339 e. The molecule has 290 valence electrons. The highest BCUT2D eigenvalue weighted by atomic mass is 16.5. The van der Waals surface area contributed by atoms with Gasteiger partial charge in [0, 0.05) is 12.0 Å². The first-order valence-electron chi connectivity index (χ1n) is 18.4. The van der Waals surface area contributed by atoms with Gasteiger partial charge in [-0.1, -0.05) is 71.8 Å². The molecule has 8 rings (SSSR count). The molecule has 13 heteroatoms. The number of hydrazine groups is 1. The molecule has 4 N–H and O–H groups in total. The number of phenolic OH excluding ortho intramolecular Hbond substituents is 1. The molecule has 2 aliphatic carbocycles. The minimum absolute atomic E-state index is 0.0326. The normalized spacial score (nSPS) is 25.2. The quantitative estimate of drug-likeness (QED) is 0.118. The second kappa shape index (κ2) is 14.0. The molecule has 0 radical (unpaired) electrons. The molecule has 6 atom stereocenters. The first-order valence-corrected chi connectivity index (χ1v) is 18.4. The van der Waals surface area contributed by atoms with Crippen molar-refractivity contribution in [2.75, 3.05) is 24.5 Å². The smallest absolute Gasteiger partial charge is 0.339 e. The zero-order valence-corrected chi connectivity index (χ0v) is 31.2. The third kappa shape index (κ3) is 5.71. The predicted octanol–water partition coefficient (Wildman–Crippen LogP) is 5.86. The fraction of sp³-hybridized carbons (Fsp3) is 0.250. The number of imide groups is 2. The van der Waals surface area contributed by atoms with Crippen molar-refractivity contribution < 1.29 is 48.8 Å². The number of benzene rings is 4. The van der Waals surface area contributed by atoms with E-state index in [9.17, 15) is 34.5 Å². The average Bonchev–Trinajstić information content (AvgIpc) is 3.59. The average molecular weight is 770 g/mol. The number of anilines is 2. The van der Waals surface area contributed by atoms with Crippen LogP contribution in [0, 0.1) is 36.5 Å². The Morgan fingerprint density at radius 2 is 1.54 bits per heavy atom. The van der Waals surface area contributed by atoms with Gasteiger partial charge in [-0.15, -0.1) is 0 Å². The Hall–Kier alpha value is -6.89. The molecule has 0 spiro atoms. The third-order valence-corrected chi connectivity index (χ3v) is 11.9. The number of aromatic carboxylic acids is 1. The van der Waals surface area contributed by atoms with Gasteiger partial charge in [0.25, 0.3) is 11.8 Å². The van der Waals surface area contributed by atoms with Crippen LogP contribution in [0.2, 0.25) is 0 Å². The Morgan fingerprint density at radius 1 is 0.860 bits per heavy atom. The van der Waals surface area contributed by atoms with Crippen LogP contribution in [0.1, 0.15) is 39.9 Å². The van der Waals surface area contributed by atoms with E-state index in [1.807, 2.05) is 61.5 Å². The summed E-state index contributed by atoms with van der Waals surface area (Å²) in [6, 6.07) is 23.1. The lowest BCUT2D eigenvalue weighted by Crippen LogP contribution is -2.54. The molecule has 2 aliphatic heterocycles. The zero-order valence-electron chi connectivity index (χ0n) is 31.2. The number of hydrogen-bond acceptors (Lipinski definition) is 10. The van der Waals surface area contributed by atoms with Gasteiger partial charge in [0.15, 0.2) is 11.5 Å². The van der Waals surface area contributed by atoms with Crippen molar-refractivity contribution in [1.29, 1.82) is 0 Å². The van der Waals surface area contributed by atoms with E-state index < -0.39 is 70.4 Å². The molecule has 2 saturated heterocycles. The number of carboxylic acid groups (broad SMARTS) is 1. The van der Waals surface area contributed by atoms with Gasteiger partial charge >= 0.3 is 5.97 Å². The topological polar surface area (TPSA) is 183 Å². The van der Waals surface area contributed by atoms with Crippen molar-refractivity contribution >= 4 is 47.0 Å². The van der Waals surface area contributed by atoms with E-state index in [1.165, 1.54) is 20.3 Å². The van der Waals surface area contributed by atoms with Gasteiger partial charge in [-0.05, 0) is 73.2 Å². The molecule has 3 fully saturated rings. The number of hydrogen-bond donors (Lipinski definition) is 4. The number of aromatic hydroxyl groups is 2. The molecular weight excluding hydrogens is 730 g/mol. The van der Waals surface area contributed by atoms with Crippen LogP contribution in [0.25, 0.3) is 6.08 Å². The van der Waals surface area contributed by atoms with Crippen molar-refractivity contribution in [2.45, 2.75) is 25.2 Å². The third-order valence-electron chi connectivity index (χ3n) is 11.9. The maximum atomic E-state index is 15.3. The number of carbonyl (C=O) groups is 5. The molecular formula is C44H39N3O10. The summed E-state index contributed by atoms with van der Waals surface area (Å²) in [4.78, 5) is 71.4. The molecule has 1 saturated carbocycles. The second-order valence-electron chi connectivity index (χ2n) is 14.8. The number of amides is 4. The van der Waals surface area contributed by atoms with Gasteiger partial charge in [-0.2, -0.15) is 5.01 Å². The Labute approximate surface area is 327 Å². The summed E-state index contributed by atoms with van der Waals surface area (Å²) < 4.78 is 10.8. The van der Waals surface area contributed by atoms with Gasteiger partial charge < -0.3 is 24.8 Å². The Kier molecular flexibility index (Phi) is 9.10. The highest BCUT2D eigenvalue weighted by Gasteiger charge is 2.69. The number of nitrogens with one attached hydrogen (secondary N) is 1. The Morgan fingerprint density at radius 3 is 2.18 bits per heavy atom. The Bertz CT molecular complexity index is 2380. The van der Waals surface area contributed by atoms with E-state index in [4.69, 9.17) is 9.47 Å². The molecule has 0 aromatic heterocycles. The predicted molar refractivity (Wildman–Crippen MR) is 207 cm³/mol. The van der Waals surface area contributed by atoms with Crippen molar-refractivity contribution in [3.63, 3.8) is 0 Å². The summed E-state index contributed by atoms with van der Waals surface area (Å²) in [7, 11) is 2.82. The van der Waals surface area contributed by atoms with Gasteiger partial charge in [0.2, 0.25) is 17.6 Å². The van der Waals surface area contributed by atoms with Crippen molar-refractivity contribution in [2.24, 2.45) is 29.6 Å². The molecule has 4 aromatic carbocycles. The minimum atomic E-state index is -1.49. The van der Waals surface area contributed by atoms with Gasteiger partial charge in [0.05, 0.1) is 48.8 Å². The van der Waals surface area contributed by atoms with Crippen LogP contribution in [0.15, 0.2) is 103 Å². The lowest BCUT2D eigenvalue weighted by Gasteiger charge is -2.49. The number of rotatable bonds is 9. The van der Waals surface area contributed by atoms with E-state index in [1.54, 1.807) is 30.3 Å². The van der Waals surface area contributed by atoms with Crippen LogP contribution < -0.4 is 19.8 Å². The molecule has 4 amide bonds. The van der Waals surface area contributed by atoms with Crippen molar-refractivity contribution in [1.82, 2.24) is 5.01 Å².